The van der Waals surface area contributed by atoms with Crippen molar-refractivity contribution in [2.75, 3.05) is 13.1 Å². The zero-order chi connectivity index (χ0) is 14.9. The first kappa shape index (κ1) is 14.4. The van der Waals surface area contributed by atoms with Crippen molar-refractivity contribution >= 4 is 6.03 Å². The fourth-order valence-electron chi connectivity index (χ4n) is 3.61. The van der Waals surface area contributed by atoms with E-state index in [1.165, 1.54) is 30.4 Å². The Morgan fingerprint density at radius 3 is 2.76 bits per heavy atom. The molecular formula is C18H26N2O. The SMILES string of the molecule is Cc1ccccc1C1(CNC(=O)N2CCCCC2C)CC1. The summed E-state index contributed by atoms with van der Waals surface area (Å²) in [7, 11) is 0. The van der Waals surface area contributed by atoms with Gasteiger partial charge in [-0.25, -0.2) is 4.79 Å². The van der Waals surface area contributed by atoms with Gasteiger partial charge in [0.15, 0.2) is 0 Å². The minimum absolute atomic E-state index is 0.127. The Kier molecular flexibility index (Phi) is 3.92. The van der Waals surface area contributed by atoms with Crippen LogP contribution < -0.4 is 5.32 Å². The average Bonchev–Trinajstić information content (AvgIpc) is 3.27. The summed E-state index contributed by atoms with van der Waals surface area (Å²) in [4.78, 5) is 14.4. The summed E-state index contributed by atoms with van der Waals surface area (Å²) in [6.45, 7) is 6.02. The van der Waals surface area contributed by atoms with Crippen molar-refractivity contribution in [1.82, 2.24) is 10.2 Å². The fraction of sp³-hybridized carbons (Fsp3) is 0.611. The van der Waals surface area contributed by atoms with E-state index >= 15 is 0 Å². The molecule has 1 saturated heterocycles. The molecule has 1 unspecified atom stereocenters. The summed E-state index contributed by atoms with van der Waals surface area (Å²) >= 11 is 0. The van der Waals surface area contributed by atoms with Crippen molar-refractivity contribution in [2.24, 2.45) is 0 Å². The van der Waals surface area contributed by atoms with Gasteiger partial charge < -0.3 is 10.2 Å². The molecule has 2 fully saturated rings. The first-order valence-electron chi connectivity index (χ1n) is 8.23. The van der Waals surface area contributed by atoms with Crippen molar-refractivity contribution < 1.29 is 4.79 Å². The molecule has 2 aliphatic rings. The smallest absolute Gasteiger partial charge is 0.317 e. The molecule has 1 saturated carbocycles. The molecule has 3 rings (SSSR count). The van der Waals surface area contributed by atoms with Crippen LogP contribution in [-0.4, -0.2) is 30.1 Å². The van der Waals surface area contributed by atoms with Crippen LogP contribution in [0.3, 0.4) is 0 Å². The lowest BCUT2D eigenvalue weighted by molar-refractivity contribution is 0.157. The number of benzene rings is 1. The number of rotatable bonds is 3. The van der Waals surface area contributed by atoms with Crippen LogP contribution in [0.5, 0.6) is 0 Å². The van der Waals surface area contributed by atoms with Crippen LogP contribution in [0.25, 0.3) is 0 Å². The molecule has 114 valence electrons. The van der Waals surface area contributed by atoms with Crippen LogP contribution >= 0.6 is 0 Å². The Balaban J connectivity index is 1.62. The van der Waals surface area contributed by atoms with Crippen LogP contribution in [-0.2, 0) is 5.41 Å². The highest BCUT2D eigenvalue weighted by atomic mass is 16.2. The van der Waals surface area contributed by atoms with Crippen LogP contribution in [0.15, 0.2) is 24.3 Å². The van der Waals surface area contributed by atoms with Gasteiger partial charge in [0.1, 0.15) is 0 Å². The molecule has 1 N–H and O–H groups in total. The minimum atomic E-state index is 0.127. The normalized spacial score (nSPS) is 23.7. The van der Waals surface area contributed by atoms with Gasteiger partial charge in [0.05, 0.1) is 0 Å². The second-order valence-electron chi connectivity index (χ2n) is 6.79. The Hall–Kier alpha value is -1.51. The Morgan fingerprint density at radius 1 is 1.33 bits per heavy atom. The number of nitrogens with one attached hydrogen (secondary N) is 1. The van der Waals surface area contributed by atoms with Crippen molar-refractivity contribution in [2.45, 2.75) is 57.4 Å². The molecule has 1 aromatic carbocycles. The average molecular weight is 286 g/mol. The molecule has 1 atom stereocenters. The van der Waals surface area contributed by atoms with E-state index in [0.717, 1.165) is 25.9 Å². The number of piperidine rings is 1. The van der Waals surface area contributed by atoms with Gasteiger partial charge in [-0.1, -0.05) is 24.3 Å². The summed E-state index contributed by atoms with van der Waals surface area (Å²) in [5.74, 6) is 0. The topological polar surface area (TPSA) is 32.3 Å². The van der Waals surface area contributed by atoms with Crippen LogP contribution in [0.1, 0.15) is 50.2 Å². The van der Waals surface area contributed by atoms with Crippen molar-refractivity contribution in [3.05, 3.63) is 35.4 Å². The van der Waals surface area contributed by atoms with E-state index in [2.05, 4.69) is 43.4 Å². The summed E-state index contributed by atoms with van der Waals surface area (Å²) in [6, 6.07) is 9.09. The predicted octanol–water partition coefficient (Wildman–Crippen LogP) is 3.61. The summed E-state index contributed by atoms with van der Waals surface area (Å²) in [5, 5.41) is 3.20. The number of likely N-dealkylation sites (tertiary alicyclic amines) is 1. The van der Waals surface area contributed by atoms with Crippen molar-refractivity contribution in [3.8, 4) is 0 Å². The van der Waals surface area contributed by atoms with Gasteiger partial charge in [-0.3, -0.25) is 0 Å². The molecular weight excluding hydrogens is 260 g/mol. The number of urea groups is 1. The van der Waals surface area contributed by atoms with Gasteiger partial charge in [0.25, 0.3) is 0 Å². The third kappa shape index (κ3) is 2.92. The zero-order valence-corrected chi connectivity index (χ0v) is 13.2. The van der Waals surface area contributed by atoms with Gasteiger partial charge in [-0.05, 0) is 57.1 Å². The summed E-state index contributed by atoms with van der Waals surface area (Å²) in [6.07, 6.45) is 5.90. The molecule has 0 spiro atoms. The maximum atomic E-state index is 12.4. The molecule has 0 aromatic heterocycles. The summed E-state index contributed by atoms with van der Waals surface area (Å²) in [5.41, 5.74) is 2.95. The monoisotopic (exact) mass is 286 g/mol. The Bertz CT molecular complexity index is 522. The Morgan fingerprint density at radius 2 is 2.10 bits per heavy atom. The Labute approximate surface area is 127 Å². The third-order valence-corrected chi connectivity index (χ3v) is 5.21. The first-order chi connectivity index (χ1) is 10.1. The lowest BCUT2D eigenvalue weighted by Gasteiger charge is -2.34. The van der Waals surface area contributed by atoms with Crippen LogP contribution in [0, 0.1) is 6.92 Å². The second-order valence-corrected chi connectivity index (χ2v) is 6.79. The molecule has 0 radical (unpaired) electrons. The van der Waals surface area contributed by atoms with E-state index in [1.807, 2.05) is 4.90 Å². The largest absolute Gasteiger partial charge is 0.337 e. The van der Waals surface area contributed by atoms with Crippen molar-refractivity contribution in [1.29, 1.82) is 0 Å². The molecule has 2 amide bonds. The number of carbonyl (C=O) groups excluding carboxylic acids is 1. The van der Waals surface area contributed by atoms with Gasteiger partial charge in [-0.2, -0.15) is 0 Å². The fourth-order valence-corrected chi connectivity index (χ4v) is 3.61. The minimum Gasteiger partial charge on any atom is -0.337 e. The molecule has 0 bridgehead atoms. The first-order valence-corrected chi connectivity index (χ1v) is 8.23. The molecule has 1 aliphatic carbocycles. The molecule has 3 heteroatoms. The van der Waals surface area contributed by atoms with Gasteiger partial charge in [0.2, 0.25) is 0 Å². The highest BCUT2D eigenvalue weighted by Gasteiger charge is 2.45. The van der Waals surface area contributed by atoms with Gasteiger partial charge in [-0.15, -0.1) is 0 Å². The number of nitrogens with zero attached hydrogens (tertiary/aromatic N) is 1. The molecule has 1 aliphatic heterocycles. The standard InChI is InChI=1S/C18H26N2O/c1-14-7-3-4-9-16(14)18(10-11-18)13-19-17(21)20-12-6-5-8-15(20)2/h3-4,7,9,15H,5-6,8,10-13H2,1-2H3,(H,19,21). The third-order valence-electron chi connectivity index (χ3n) is 5.21. The predicted molar refractivity (Wildman–Crippen MR) is 85.5 cm³/mol. The highest BCUT2D eigenvalue weighted by molar-refractivity contribution is 5.75. The van der Waals surface area contributed by atoms with Crippen LogP contribution in [0.4, 0.5) is 4.79 Å². The number of hydrogen-bond acceptors (Lipinski definition) is 1. The quantitative estimate of drug-likeness (QED) is 0.904. The molecule has 21 heavy (non-hydrogen) atoms. The summed E-state index contributed by atoms with van der Waals surface area (Å²) < 4.78 is 0. The number of carbonyl (C=O) groups is 1. The van der Waals surface area contributed by atoms with E-state index in [-0.39, 0.29) is 11.4 Å². The van der Waals surface area contributed by atoms with Gasteiger partial charge in [0, 0.05) is 24.5 Å². The maximum Gasteiger partial charge on any atom is 0.317 e. The molecule has 1 aromatic rings. The van der Waals surface area contributed by atoms with E-state index in [0.29, 0.717) is 6.04 Å². The lowest BCUT2D eigenvalue weighted by atomic mass is 9.92. The van der Waals surface area contributed by atoms with E-state index in [4.69, 9.17) is 0 Å². The molecule has 1 heterocycles. The van der Waals surface area contributed by atoms with Crippen LogP contribution in [0.2, 0.25) is 0 Å². The van der Waals surface area contributed by atoms with E-state index in [1.54, 1.807) is 0 Å². The number of aryl methyl sites for hydroxylation is 1. The van der Waals surface area contributed by atoms with Crippen molar-refractivity contribution in [3.63, 3.8) is 0 Å². The highest BCUT2D eigenvalue weighted by Crippen LogP contribution is 2.48. The number of hydrogen-bond donors (Lipinski definition) is 1. The molecule has 3 nitrogen and oxygen atoms in total. The number of amides is 2. The zero-order valence-electron chi connectivity index (χ0n) is 13.2. The van der Waals surface area contributed by atoms with E-state index < -0.39 is 0 Å². The second kappa shape index (κ2) is 5.70. The van der Waals surface area contributed by atoms with E-state index in [9.17, 15) is 4.79 Å². The lowest BCUT2D eigenvalue weighted by Crippen LogP contribution is -2.49. The van der Waals surface area contributed by atoms with Gasteiger partial charge >= 0.3 is 6.03 Å². The maximum absolute atomic E-state index is 12.4.